The van der Waals surface area contributed by atoms with Gasteiger partial charge >= 0.3 is 5.00 Å². The molecule has 9 heteroatoms. The number of aromatic nitrogens is 2. The molecule has 0 aliphatic carbocycles. The Kier molecular flexibility index (Phi) is 3.19. The van der Waals surface area contributed by atoms with Gasteiger partial charge in [-0.3, -0.25) is 20.1 Å². The van der Waals surface area contributed by atoms with Crippen LogP contribution < -0.4 is 9.70 Å². The zero-order chi connectivity index (χ0) is 14.3. The Balaban J connectivity index is 1.94. The van der Waals surface area contributed by atoms with E-state index in [0.29, 0.717) is 30.6 Å². The van der Waals surface area contributed by atoms with Crippen molar-refractivity contribution in [2.75, 3.05) is 11.4 Å². The third kappa shape index (κ3) is 2.16. The molecule has 0 saturated carbocycles. The molecule has 7 nitrogen and oxygen atoms in total. The Hall–Kier alpha value is -1.93. The van der Waals surface area contributed by atoms with Crippen LogP contribution in [-0.4, -0.2) is 21.0 Å². The van der Waals surface area contributed by atoms with Crippen LogP contribution in [0.15, 0.2) is 18.3 Å². The van der Waals surface area contributed by atoms with Crippen molar-refractivity contribution in [1.82, 2.24) is 9.55 Å². The minimum absolute atomic E-state index is 0.0226. The van der Waals surface area contributed by atoms with E-state index >= 15 is 0 Å². The Labute approximate surface area is 122 Å². The molecule has 0 radical (unpaired) electrons. The van der Waals surface area contributed by atoms with E-state index in [-0.39, 0.29) is 9.80 Å². The summed E-state index contributed by atoms with van der Waals surface area (Å²) in [6.07, 6.45) is 1.66. The Bertz CT molecular complexity index is 723. The Morgan fingerprint density at radius 2 is 2.30 bits per heavy atom. The molecular formula is C11H10ClN5O2S. The number of halogens is 1. The SMILES string of the molecule is N=c1sc([N+](=O)[O-])c2n1CCN2Cc1ccc(Cl)nc1. The fourth-order valence-electron chi connectivity index (χ4n) is 2.24. The van der Waals surface area contributed by atoms with Gasteiger partial charge in [0, 0.05) is 25.8 Å². The molecule has 3 heterocycles. The van der Waals surface area contributed by atoms with Crippen LogP contribution in [0.5, 0.6) is 0 Å². The van der Waals surface area contributed by atoms with Crippen LogP contribution >= 0.6 is 22.9 Å². The van der Waals surface area contributed by atoms with E-state index in [0.717, 1.165) is 16.9 Å². The van der Waals surface area contributed by atoms with Crippen molar-refractivity contribution in [2.45, 2.75) is 13.1 Å². The van der Waals surface area contributed by atoms with Crippen LogP contribution in [0.25, 0.3) is 0 Å². The fourth-order valence-corrected chi connectivity index (χ4v) is 3.23. The van der Waals surface area contributed by atoms with Crippen molar-refractivity contribution < 1.29 is 4.92 Å². The molecule has 2 aromatic rings. The van der Waals surface area contributed by atoms with Crippen molar-refractivity contribution in [1.29, 1.82) is 5.41 Å². The molecule has 0 fully saturated rings. The highest BCUT2D eigenvalue weighted by Gasteiger charge is 2.31. The summed E-state index contributed by atoms with van der Waals surface area (Å²) in [5, 5.41) is 19.3. The monoisotopic (exact) mass is 311 g/mol. The average Bonchev–Trinajstić information content (AvgIpc) is 2.95. The molecule has 20 heavy (non-hydrogen) atoms. The summed E-state index contributed by atoms with van der Waals surface area (Å²) in [6.45, 7) is 1.76. The first-order valence-electron chi connectivity index (χ1n) is 5.84. The summed E-state index contributed by atoms with van der Waals surface area (Å²) in [5.41, 5.74) is 0.926. The second-order valence-corrected chi connectivity index (χ2v) is 5.72. The van der Waals surface area contributed by atoms with Crippen molar-refractivity contribution in [2.24, 2.45) is 0 Å². The molecule has 3 rings (SSSR count). The lowest BCUT2D eigenvalue weighted by Gasteiger charge is -2.16. The zero-order valence-corrected chi connectivity index (χ0v) is 11.8. The van der Waals surface area contributed by atoms with Crippen molar-refractivity contribution in [3.8, 4) is 0 Å². The molecule has 1 aliphatic rings. The van der Waals surface area contributed by atoms with Gasteiger partial charge in [-0.1, -0.05) is 17.7 Å². The predicted molar refractivity (Wildman–Crippen MR) is 75.1 cm³/mol. The molecule has 2 aromatic heterocycles. The van der Waals surface area contributed by atoms with Crippen LogP contribution in [-0.2, 0) is 13.1 Å². The van der Waals surface area contributed by atoms with Crippen molar-refractivity contribution in [3.63, 3.8) is 0 Å². The zero-order valence-electron chi connectivity index (χ0n) is 10.2. The van der Waals surface area contributed by atoms with E-state index in [1.54, 1.807) is 16.8 Å². The number of anilines is 1. The van der Waals surface area contributed by atoms with E-state index in [1.165, 1.54) is 0 Å². The maximum absolute atomic E-state index is 11.1. The lowest BCUT2D eigenvalue weighted by atomic mass is 10.2. The van der Waals surface area contributed by atoms with Gasteiger partial charge in [0.1, 0.15) is 5.15 Å². The molecule has 1 aliphatic heterocycles. The fraction of sp³-hybridized carbons (Fsp3) is 0.273. The lowest BCUT2D eigenvalue weighted by molar-refractivity contribution is -0.379. The molecule has 0 unspecified atom stereocenters. The normalized spacial score (nSPS) is 13.6. The van der Waals surface area contributed by atoms with E-state index in [2.05, 4.69) is 4.98 Å². The maximum atomic E-state index is 11.1. The second-order valence-electron chi connectivity index (χ2n) is 4.36. The van der Waals surface area contributed by atoms with Gasteiger partial charge in [0.05, 0.1) is 4.92 Å². The molecule has 1 N–H and O–H groups in total. The number of nitrogens with one attached hydrogen (secondary N) is 1. The second kappa shape index (κ2) is 4.88. The largest absolute Gasteiger partial charge is 0.368 e. The summed E-state index contributed by atoms with van der Waals surface area (Å²) in [6, 6.07) is 3.54. The number of nitro groups is 1. The number of hydrogen-bond acceptors (Lipinski definition) is 6. The Morgan fingerprint density at radius 3 is 2.95 bits per heavy atom. The summed E-state index contributed by atoms with van der Waals surface area (Å²) >= 11 is 6.63. The van der Waals surface area contributed by atoms with Gasteiger partial charge in [-0.2, -0.15) is 0 Å². The minimum atomic E-state index is -0.424. The maximum Gasteiger partial charge on any atom is 0.368 e. The third-order valence-electron chi connectivity index (χ3n) is 3.11. The highest BCUT2D eigenvalue weighted by Crippen LogP contribution is 2.35. The molecule has 0 spiro atoms. The molecule has 0 aromatic carbocycles. The van der Waals surface area contributed by atoms with E-state index < -0.39 is 4.92 Å². The number of pyridine rings is 1. The highest BCUT2D eigenvalue weighted by molar-refractivity contribution is 7.13. The first-order valence-corrected chi connectivity index (χ1v) is 7.03. The smallest absolute Gasteiger partial charge is 0.345 e. The Morgan fingerprint density at radius 1 is 1.50 bits per heavy atom. The number of rotatable bonds is 3. The average molecular weight is 312 g/mol. The molecule has 104 valence electrons. The number of thiazole rings is 1. The number of hydrogen-bond donors (Lipinski definition) is 1. The molecule has 0 bridgehead atoms. The van der Waals surface area contributed by atoms with Crippen molar-refractivity contribution >= 4 is 33.8 Å². The summed E-state index contributed by atoms with van der Waals surface area (Å²) in [5.74, 6) is 0.514. The molecule has 0 amide bonds. The van der Waals surface area contributed by atoms with Crippen LogP contribution in [0.1, 0.15) is 5.56 Å². The van der Waals surface area contributed by atoms with Gasteiger partial charge in [0.15, 0.2) is 4.80 Å². The summed E-state index contributed by atoms with van der Waals surface area (Å²) in [7, 11) is 0. The number of fused-ring (bicyclic) bond motifs is 1. The molecular weight excluding hydrogens is 302 g/mol. The van der Waals surface area contributed by atoms with Gasteiger partial charge in [0.2, 0.25) is 5.82 Å². The van der Waals surface area contributed by atoms with Gasteiger partial charge in [-0.15, -0.1) is 0 Å². The van der Waals surface area contributed by atoms with Gasteiger partial charge in [0.25, 0.3) is 0 Å². The predicted octanol–water partition coefficient (Wildman–Crippen LogP) is 2.01. The molecule has 0 atom stereocenters. The quantitative estimate of drug-likeness (QED) is 0.533. The van der Waals surface area contributed by atoms with Gasteiger partial charge in [-0.25, -0.2) is 4.98 Å². The first kappa shape index (κ1) is 13.1. The standard InChI is InChI=1S/C11H10ClN5O2S/c12-8-2-1-7(5-14-8)6-15-3-4-16-9(15)10(17(18)19)20-11(16)13/h1-2,5,13H,3-4,6H2. The van der Waals surface area contributed by atoms with E-state index in [1.807, 2.05) is 11.0 Å². The van der Waals surface area contributed by atoms with Crippen LogP contribution in [0, 0.1) is 15.5 Å². The van der Waals surface area contributed by atoms with Gasteiger partial charge in [-0.05, 0) is 23.0 Å². The van der Waals surface area contributed by atoms with Gasteiger partial charge < -0.3 is 4.90 Å². The van der Waals surface area contributed by atoms with E-state index in [4.69, 9.17) is 17.0 Å². The molecule has 0 saturated heterocycles. The van der Waals surface area contributed by atoms with Crippen LogP contribution in [0.2, 0.25) is 5.15 Å². The van der Waals surface area contributed by atoms with Crippen LogP contribution in [0.4, 0.5) is 10.8 Å². The lowest BCUT2D eigenvalue weighted by Crippen LogP contribution is -2.20. The highest BCUT2D eigenvalue weighted by atomic mass is 35.5. The minimum Gasteiger partial charge on any atom is -0.345 e. The third-order valence-corrected chi connectivity index (χ3v) is 4.27. The van der Waals surface area contributed by atoms with Crippen molar-refractivity contribution in [3.05, 3.63) is 44.0 Å². The summed E-state index contributed by atoms with van der Waals surface area (Å²) < 4.78 is 1.67. The number of nitrogens with zero attached hydrogens (tertiary/aromatic N) is 4. The van der Waals surface area contributed by atoms with E-state index in [9.17, 15) is 10.1 Å². The topological polar surface area (TPSA) is 88.0 Å². The summed E-state index contributed by atoms with van der Waals surface area (Å²) in [4.78, 5) is 16.8. The van der Waals surface area contributed by atoms with Crippen LogP contribution in [0.3, 0.4) is 0 Å². The first-order chi connectivity index (χ1) is 9.56.